The Labute approximate surface area is 168 Å². The van der Waals surface area contributed by atoms with Crippen LogP contribution < -0.4 is 15.4 Å². The minimum absolute atomic E-state index is 0.0204. The zero-order valence-corrected chi connectivity index (χ0v) is 16.2. The minimum Gasteiger partial charge on any atom is -0.508 e. The number of urea groups is 1. The third-order valence-corrected chi connectivity index (χ3v) is 5.46. The molecule has 29 heavy (non-hydrogen) atoms. The number of nitrogens with one attached hydrogen (secondary N) is 3. The predicted octanol–water partition coefficient (Wildman–Crippen LogP) is 2.59. The Morgan fingerprint density at radius 3 is 2.41 bits per heavy atom. The average Bonchev–Trinajstić information content (AvgIpc) is 2.73. The fourth-order valence-electron chi connectivity index (χ4n) is 2.49. The topological polar surface area (TPSA) is 120 Å². The number of rotatable bonds is 7. The Morgan fingerprint density at radius 2 is 1.72 bits per heavy atom. The summed E-state index contributed by atoms with van der Waals surface area (Å²) >= 11 is 0. The van der Waals surface area contributed by atoms with Crippen LogP contribution in [0.15, 0.2) is 78.0 Å². The number of phenols is 1. The maximum Gasteiger partial charge on any atom is 0.319 e. The monoisotopic (exact) mass is 412 g/mol. The Bertz CT molecular complexity index is 1070. The van der Waals surface area contributed by atoms with Gasteiger partial charge >= 0.3 is 6.03 Å². The summed E-state index contributed by atoms with van der Waals surface area (Å²) in [5.74, 6) is 0.0204. The molecule has 3 rings (SSSR count). The molecule has 0 saturated heterocycles. The molecule has 3 aromatic rings. The Morgan fingerprint density at radius 1 is 0.966 bits per heavy atom. The van der Waals surface area contributed by atoms with Crippen LogP contribution in [0.25, 0.3) is 0 Å². The van der Waals surface area contributed by atoms with E-state index in [0.29, 0.717) is 17.8 Å². The highest BCUT2D eigenvalue weighted by molar-refractivity contribution is 7.89. The van der Waals surface area contributed by atoms with Gasteiger partial charge < -0.3 is 15.7 Å². The number of amides is 2. The van der Waals surface area contributed by atoms with Crippen molar-refractivity contribution in [2.45, 2.75) is 18.0 Å². The van der Waals surface area contributed by atoms with Crippen molar-refractivity contribution in [1.29, 1.82) is 0 Å². The molecule has 0 aliphatic heterocycles. The van der Waals surface area contributed by atoms with Crippen molar-refractivity contribution in [3.05, 3.63) is 84.2 Å². The molecule has 0 atom stereocenters. The van der Waals surface area contributed by atoms with Gasteiger partial charge in [0.05, 0.1) is 4.90 Å². The first-order chi connectivity index (χ1) is 13.9. The van der Waals surface area contributed by atoms with E-state index >= 15 is 0 Å². The van der Waals surface area contributed by atoms with E-state index in [1.165, 1.54) is 30.3 Å². The van der Waals surface area contributed by atoms with Gasteiger partial charge in [0.25, 0.3) is 0 Å². The van der Waals surface area contributed by atoms with Crippen LogP contribution in [0.4, 0.5) is 10.5 Å². The highest BCUT2D eigenvalue weighted by atomic mass is 32.2. The molecule has 150 valence electrons. The summed E-state index contributed by atoms with van der Waals surface area (Å²) in [5.41, 5.74) is 1.78. The number of hydrogen-bond acceptors (Lipinski definition) is 5. The molecular formula is C20H20N4O4S. The van der Waals surface area contributed by atoms with Crippen molar-refractivity contribution in [2.75, 3.05) is 5.32 Å². The van der Waals surface area contributed by atoms with E-state index in [4.69, 9.17) is 0 Å². The molecule has 1 heterocycles. The molecule has 4 N–H and O–H groups in total. The number of carbonyl (C=O) groups excluding carboxylic acids is 1. The molecule has 2 aromatic carbocycles. The minimum atomic E-state index is -3.76. The van der Waals surface area contributed by atoms with Crippen LogP contribution in [0.2, 0.25) is 0 Å². The maximum atomic E-state index is 12.4. The summed E-state index contributed by atoms with van der Waals surface area (Å²) in [6.45, 7) is 0.286. The highest BCUT2D eigenvalue weighted by Gasteiger charge is 2.14. The number of aromatic nitrogens is 1. The van der Waals surface area contributed by atoms with Gasteiger partial charge in [-0.05, 0) is 42.0 Å². The Kier molecular flexibility index (Phi) is 6.43. The zero-order valence-electron chi connectivity index (χ0n) is 15.4. The van der Waals surface area contributed by atoms with E-state index in [0.717, 1.165) is 5.56 Å². The van der Waals surface area contributed by atoms with Crippen LogP contribution in [0.1, 0.15) is 11.1 Å². The molecular weight excluding hydrogens is 392 g/mol. The molecule has 0 radical (unpaired) electrons. The standard InChI is InChI=1S/C20H20N4O4S/c25-19-6-2-1-5-16(19)14-23-29(27,28)18-9-7-17(8-10-18)24-20(26)22-13-15-4-3-11-21-12-15/h1-12,23,25H,13-14H2,(H2,22,24,26). The number of sulfonamides is 1. The normalized spacial score (nSPS) is 11.0. The number of para-hydroxylation sites is 1. The second-order valence-electron chi connectivity index (χ2n) is 6.15. The number of anilines is 1. The molecule has 0 bridgehead atoms. The number of nitrogens with zero attached hydrogens (tertiary/aromatic N) is 1. The lowest BCUT2D eigenvalue weighted by atomic mass is 10.2. The van der Waals surface area contributed by atoms with Gasteiger partial charge in [0, 0.05) is 36.7 Å². The van der Waals surface area contributed by atoms with Gasteiger partial charge in [-0.3, -0.25) is 4.98 Å². The summed E-state index contributed by atoms with van der Waals surface area (Å²) in [4.78, 5) is 16.0. The van der Waals surface area contributed by atoms with E-state index in [1.54, 1.807) is 36.7 Å². The van der Waals surface area contributed by atoms with Crippen LogP contribution in [0, 0.1) is 0 Å². The quantitative estimate of drug-likeness (QED) is 0.475. The second-order valence-corrected chi connectivity index (χ2v) is 7.91. The van der Waals surface area contributed by atoms with Crippen molar-refractivity contribution in [2.24, 2.45) is 0 Å². The number of phenolic OH excluding ortho intramolecular Hbond substituents is 1. The van der Waals surface area contributed by atoms with Gasteiger partial charge in [-0.25, -0.2) is 17.9 Å². The summed E-state index contributed by atoms with van der Waals surface area (Å²) in [6, 6.07) is 15.5. The predicted molar refractivity (Wildman–Crippen MR) is 109 cm³/mol. The maximum absolute atomic E-state index is 12.4. The third kappa shape index (κ3) is 5.77. The van der Waals surface area contributed by atoms with Crippen molar-refractivity contribution >= 4 is 21.7 Å². The van der Waals surface area contributed by atoms with Crippen molar-refractivity contribution in [3.8, 4) is 5.75 Å². The van der Waals surface area contributed by atoms with Crippen molar-refractivity contribution < 1.29 is 18.3 Å². The lowest BCUT2D eigenvalue weighted by Gasteiger charge is -2.10. The molecule has 0 spiro atoms. The average molecular weight is 412 g/mol. The third-order valence-electron chi connectivity index (χ3n) is 4.04. The van der Waals surface area contributed by atoms with Gasteiger partial charge in [0.2, 0.25) is 10.0 Å². The van der Waals surface area contributed by atoms with Gasteiger partial charge in [-0.15, -0.1) is 0 Å². The van der Waals surface area contributed by atoms with Gasteiger partial charge in [-0.1, -0.05) is 24.3 Å². The van der Waals surface area contributed by atoms with Crippen molar-refractivity contribution in [3.63, 3.8) is 0 Å². The van der Waals surface area contributed by atoms with Crippen LogP contribution in [-0.4, -0.2) is 24.5 Å². The molecule has 0 fully saturated rings. The van der Waals surface area contributed by atoms with Gasteiger partial charge in [0.15, 0.2) is 0 Å². The zero-order chi connectivity index (χ0) is 20.7. The smallest absolute Gasteiger partial charge is 0.319 e. The van der Waals surface area contributed by atoms with Crippen molar-refractivity contribution in [1.82, 2.24) is 15.0 Å². The Balaban J connectivity index is 1.56. The molecule has 0 saturated carbocycles. The van der Waals surface area contributed by atoms with Crippen LogP contribution in [0.3, 0.4) is 0 Å². The number of benzene rings is 2. The fourth-order valence-corrected chi connectivity index (χ4v) is 3.50. The Hall–Kier alpha value is -3.43. The molecule has 0 aliphatic carbocycles. The molecule has 0 unspecified atom stereocenters. The number of carbonyl (C=O) groups is 1. The van der Waals surface area contributed by atoms with Crippen LogP contribution in [0.5, 0.6) is 5.75 Å². The SMILES string of the molecule is O=C(NCc1cccnc1)Nc1ccc(S(=O)(=O)NCc2ccccc2O)cc1. The summed E-state index contributed by atoms with van der Waals surface area (Å²) in [7, 11) is -3.76. The van der Waals surface area contributed by atoms with E-state index in [9.17, 15) is 18.3 Å². The number of hydrogen-bond donors (Lipinski definition) is 4. The van der Waals surface area contributed by atoms with Gasteiger partial charge in [0.1, 0.15) is 5.75 Å². The fraction of sp³-hybridized carbons (Fsp3) is 0.100. The van der Waals surface area contributed by atoms with Crippen LogP contribution in [-0.2, 0) is 23.1 Å². The van der Waals surface area contributed by atoms with E-state index in [-0.39, 0.29) is 17.2 Å². The van der Waals surface area contributed by atoms with Gasteiger partial charge in [-0.2, -0.15) is 0 Å². The molecule has 0 aliphatic rings. The largest absolute Gasteiger partial charge is 0.508 e. The first kappa shape index (κ1) is 20.3. The first-order valence-corrected chi connectivity index (χ1v) is 10.2. The number of aromatic hydroxyl groups is 1. The lowest BCUT2D eigenvalue weighted by Crippen LogP contribution is -2.28. The lowest BCUT2D eigenvalue weighted by molar-refractivity contribution is 0.251. The summed E-state index contributed by atoms with van der Waals surface area (Å²) < 4.78 is 27.3. The van der Waals surface area contributed by atoms with E-state index in [1.807, 2.05) is 6.07 Å². The molecule has 9 heteroatoms. The first-order valence-electron chi connectivity index (χ1n) is 8.74. The van der Waals surface area contributed by atoms with Crippen LogP contribution >= 0.6 is 0 Å². The second kappa shape index (κ2) is 9.18. The molecule has 8 nitrogen and oxygen atoms in total. The van der Waals surface area contributed by atoms with E-state index in [2.05, 4.69) is 20.3 Å². The number of pyridine rings is 1. The molecule has 2 amide bonds. The summed E-state index contributed by atoms with van der Waals surface area (Å²) in [6.07, 6.45) is 3.30. The molecule has 1 aromatic heterocycles. The summed E-state index contributed by atoms with van der Waals surface area (Å²) in [5, 5.41) is 15.1. The van der Waals surface area contributed by atoms with E-state index < -0.39 is 16.1 Å². The highest BCUT2D eigenvalue weighted by Crippen LogP contribution is 2.18.